The molecule has 1 aromatic carbocycles. The maximum absolute atomic E-state index is 12.1. The largest absolute Gasteiger partial charge is 0.459 e. The molecular weight excluding hydrogens is 274 g/mol. The monoisotopic (exact) mass is 291 g/mol. The summed E-state index contributed by atoms with van der Waals surface area (Å²) in [6, 6.07) is 9.39. The fourth-order valence-corrected chi connectivity index (χ4v) is 3.59. The molecule has 2 atom stereocenters. The number of benzene rings is 1. The normalized spacial score (nSPS) is 23.9. The fraction of sp³-hybridized carbons (Fsp3) is 0.400. The topological polar surface area (TPSA) is 62.5 Å². The van der Waals surface area contributed by atoms with Crippen molar-refractivity contribution < 1.29 is 14.3 Å². The number of hydrogen-bond donors (Lipinski definition) is 2. The molecule has 0 spiro atoms. The fourth-order valence-electron chi connectivity index (χ4n) is 2.35. The average Bonchev–Trinajstić information content (AvgIpc) is 3.05. The Bertz CT molecular complexity index is 598. The summed E-state index contributed by atoms with van der Waals surface area (Å²) in [6.45, 7) is 1.86. The Morgan fingerprint density at radius 2 is 2.30 bits per heavy atom. The molecule has 5 heteroatoms. The lowest BCUT2D eigenvalue weighted by atomic mass is 10.0. The van der Waals surface area contributed by atoms with E-state index in [-0.39, 0.29) is 11.9 Å². The molecule has 1 aliphatic heterocycles. The maximum atomic E-state index is 12.1. The molecule has 3 rings (SSSR count). The van der Waals surface area contributed by atoms with Crippen LogP contribution in [-0.4, -0.2) is 28.1 Å². The summed E-state index contributed by atoms with van der Waals surface area (Å²) >= 11 is 1.60. The van der Waals surface area contributed by atoms with Crippen LogP contribution in [0.15, 0.2) is 34.7 Å². The van der Waals surface area contributed by atoms with Crippen LogP contribution in [0, 0.1) is 0 Å². The number of rotatable bonds is 3. The van der Waals surface area contributed by atoms with Crippen LogP contribution in [0.2, 0.25) is 0 Å². The highest BCUT2D eigenvalue weighted by Crippen LogP contribution is 2.29. The van der Waals surface area contributed by atoms with Crippen molar-refractivity contribution in [2.75, 3.05) is 11.5 Å². The standard InChI is InChI=1S/C15H17NO3S/c1-10(16-14(17)15(18)6-7-20-9-15)13-8-11-4-2-3-5-12(11)19-13/h2-5,8,10,18H,6-7,9H2,1H3,(H,16,17). The predicted molar refractivity (Wildman–Crippen MR) is 79.7 cm³/mol. The van der Waals surface area contributed by atoms with Crippen molar-refractivity contribution in [2.24, 2.45) is 0 Å². The van der Waals surface area contributed by atoms with Crippen LogP contribution in [0.3, 0.4) is 0 Å². The quantitative estimate of drug-likeness (QED) is 0.912. The first-order valence-electron chi connectivity index (χ1n) is 6.68. The first kappa shape index (κ1) is 13.5. The summed E-state index contributed by atoms with van der Waals surface area (Å²) in [5, 5.41) is 14.1. The van der Waals surface area contributed by atoms with Gasteiger partial charge in [0.15, 0.2) is 5.60 Å². The van der Waals surface area contributed by atoms with Crippen molar-refractivity contribution >= 4 is 28.6 Å². The third-order valence-corrected chi connectivity index (χ3v) is 4.82. The van der Waals surface area contributed by atoms with Gasteiger partial charge in [0, 0.05) is 11.1 Å². The van der Waals surface area contributed by atoms with E-state index in [1.54, 1.807) is 11.8 Å². The SMILES string of the molecule is CC(NC(=O)C1(O)CCSC1)c1cc2ccccc2o1. The Morgan fingerprint density at radius 1 is 1.50 bits per heavy atom. The van der Waals surface area contributed by atoms with Gasteiger partial charge < -0.3 is 14.8 Å². The summed E-state index contributed by atoms with van der Waals surface area (Å²) in [5.74, 6) is 1.68. The van der Waals surface area contributed by atoms with E-state index in [4.69, 9.17) is 4.42 Å². The number of nitrogens with one attached hydrogen (secondary N) is 1. The van der Waals surface area contributed by atoms with Crippen LogP contribution in [0.5, 0.6) is 0 Å². The zero-order chi connectivity index (χ0) is 14.2. The third-order valence-electron chi connectivity index (χ3n) is 3.64. The minimum Gasteiger partial charge on any atom is -0.459 e. The van der Waals surface area contributed by atoms with Gasteiger partial charge in [0.25, 0.3) is 5.91 Å². The number of furan rings is 1. The molecule has 0 saturated carbocycles. The molecule has 106 valence electrons. The predicted octanol–water partition coefficient (Wildman–Crippen LogP) is 2.48. The highest BCUT2D eigenvalue weighted by Gasteiger charge is 2.40. The first-order chi connectivity index (χ1) is 9.58. The number of amides is 1. The smallest absolute Gasteiger partial charge is 0.253 e. The Morgan fingerprint density at radius 3 is 3.00 bits per heavy atom. The molecule has 20 heavy (non-hydrogen) atoms. The lowest BCUT2D eigenvalue weighted by Crippen LogP contribution is -2.47. The van der Waals surface area contributed by atoms with Gasteiger partial charge in [-0.1, -0.05) is 18.2 Å². The van der Waals surface area contributed by atoms with E-state index in [0.717, 1.165) is 16.7 Å². The summed E-state index contributed by atoms with van der Waals surface area (Å²) in [7, 11) is 0. The molecule has 2 unspecified atom stereocenters. The molecule has 2 aromatic rings. The van der Waals surface area contributed by atoms with Crippen molar-refractivity contribution in [1.29, 1.82) is 0 Å². The molecule has 0 radical (unpaired) electrons. The van der Waals surface area contributed by atoms with Crippen molar-refractivity contribution in [1.82, 2.24) is 5.32 Å². The lowest BCUT2D eigenvalue weighted by Gasteiger charge is -2.22. The van der Waals surface area contributed by atoms with Gasteiger partial charge >= 0.3 is 0 Å². The molecule has 1 fully saturated rings. The molecule has 1 saturated heterocycles. The van der Waals surface area contributed by atoms with E-state index >= 15 is 0 Å². The molecule has 1 aromatic heterocycles. The lowest BCUT2D eigenvalue weighted by molar-refractivity contribution is -0.138. The minimum absolute atomic E-state index is 0.260. The molecule has 0 bridgehead atoms. The van der Waals surface area contributed by atoms with Crippen LogP contribution in [0.4, 0.5) is 0 Å². The number of fused-ring (bicyclic) bond motifs is 1. The van der Waals surface area contributed by atoms with E-state index in [1.165, 1.54) is 0 Å². The molecule has 2 N–H and O–H groups in total. The first-order valence-corrected chi connectivity index (χ1v) is 7.83. The third kappa shape index (κ3) is 2.43. The van der Waals surface area contributed by atoms with Crippen LogP contribution in [0.25, 0.3) is 11.0 Å². The van der Waals surface area contributed by atoms with Gasteiger partial charge in [0.2, 0.25) is 0 Å². The van der Waals surface area contributed by atoms with Crippen molar-refractivity contribution in [3.05, 3.63) is 36.1 Å². The second-order valence-electron chi connectivity index (χ2n) is 5.22. The summed E-state index contributed by atoms with van der Waals surface area (Å²) in [6.07, 6.45) is 0.510. The molecule has 2 heterocycles. The van der Waals surface area contributed by atoms with Gasteiger partial charge in [-0.3, -0.25) is 4.79 Å². The summed E-state index contributed by atoms with van der Waals surface area (Å²) in [4.78, 5) is 12.1. The molecule has 1 aliphatic rings. The molecule has 4 nitrogen and oxygen atoms in total. The second-order valence-corrected chi connectivity index (χ2v) is 6.32. The van der Waals surface area contributed by atoms with Crippen LogP contribution in [-0.2, 0) is 4.79 Å². The van der Waals surface area contributed by atoms with E-state index in [9.17, 15) is 9.90 Å². The van der Waals surface area contributed by atoms with E-state index in [1.807, 2.05) is 37.3 Å². The number of hydrogen-bond acceptors (Lipinski definition) is 4. The van der Waals surface area contributed by atoms with Crippen molar-refractivity contribution in [3.8, 4) is 0 Å². The number of carbonyl (C=O) groups excluding carboxylic acids is 1. The average molecular weight is 291 g/mol. The Hall–Kier alpha value is -1.46. The number of thioether (sulfide) groups is 1. The Kier molecular flexibility index (Phi) is 3.48. The van der Waals surface area contributed by atoms with E-state index in [0.29, 0.717) is 17.9 Å². The van der Waals surface area contributed by atoms with Crippen LogP contribution < -0.4 is 5.32 Å². The molecule has 1 amide bonds. The second kappa shape index (κ2) is 5.14. The minimum atomic E-state index is -1.23. The van der Waals surface area contributed by atoms with Crippen LogP contribution >= 0.6 is 11.8 Å². The zero-order valence-corrected chi connectivity index (χ0v) is 12.1. The van der Waals surface area contributed by atoms with Crippen molar-refractivity contribution in [2.45, 2.75) is 25.0 Å². The molecular formula is C15H17NO3S. The van der Waals surface area contributed by atoms with E-state index in [2.05, 4.69) is 5.32 Å². The van der Waals surface area contributed by atoms with Gasteiger partial charge in [0.05, 0.1) is 6.04 Å². The van der Waals surface area contributed by atoms with Gasteiger partial charge in [0.1, 0.15) is 11.3 Å². The zero-order valence-electron chi connectivity index (χ0n) is 11.3. The number of aliphatic hydroxyl groups is 1. The Labute approximate surface area is 121 Å². The highest BCUT2D eigenvalue weighted by molar-refractivity contribution is 7.99. The van der Waals surface area contributed by atoms with Crippen LogP contribution in [0.1, 0.15) is 25.1 Å². The van der Waals surface area contributed by atoms with E-state index < -0.39 is 5.60 Å². The van der Waals surface area contributed by atoms with Crippen molar-refractivity contribution in [3.63, 3.8) is 0 Å². The molecule has 0 aliphatic carbocycles. The highest BCUT2D eigenvalue weighted by atomic mass is 32.2. The number of carbonyl (C=O) groups is 1. The Balaban J connectivity index is 1.75. The summed E-state index contributed by atoms with van der Waals surface area (Å²) in [5.41, 5.74) is -0.427. The number of para-hydroxylation sites is 1. The van der Waals surface area contributed by atoms with Gasteiger partial charge in [-0.05, 0) is 31.2 Å². The van der Waals surface area contributed by atoms with Gasteiger partial charge in [-0.2, -0.15) is 11.8 Å². The maximum Gasteiger partial charge on any atom is 0.253 e. The van der Waals surface area contributed by atoms with Gasteiger partial charge in [-0.25, -0.2) is 0 Å². The van der Waals surface area contributed by atoms with Gasteiger partial charge in [-0.15, -0.1) is 0 Å². The summed E-state index contributed by atoms with van der Waals surface area (Å²) < 4.78 is 5.72.